The molecular formula is C19H25N5O2. The Morgan fingerprint density at radius 1 is 1.12 bits per heavy atom. The summed E-state index contributed by atoms with van der Waals surface area (Å²) in [7, 11) is 0. The molecule has 0 aliphatic carbocycles. The maximum atomic E-state index is 10.1. The number of nitrogens with zero attached hydrogens (tertiary/aromatic N) is 5. The van der Waals surface area contributed by atoms with Gasteiger partial charge in [0.1, 0.15) is 0 Å². The zero-order valence-corrected chi connectivity index (χ0v) is 14.9. The third kappa shape index (κ3) is 4.11. The monoisotopic (exact) mass is 355 g/mol. The van der Waals surface area contributed by atoms with Crippen molar-refractivity contribution in [3.05, 3.63) is 41.9 Å². The molecule has 7 nitrogen and oxygen atoms in total. The fraction of sp³-hybridized carbons (Fsp3) is 0.526. The molecule has 7 heteroatoms. The highest BCUT2D eigenvalue weighted by atomic mass is 16.5. The van der Waals surface area contributed by atoms with E-state index in [2.05, 4.69) is 31.9 Å². The molecule has 2 fully saturated rings. The highest BCUT2D eigenvalue weighted by Crippen LogP contribution is 2.29. The van der Waals surface area contributed by atoms with E-state index in [1.165, 1.54) is 5.56 Å². The van der Waals surface area contributed by atoms with E-state index < -0.39 is 0 Å². The van der Waals surface area contributed by atoms with Crippen molar-refractivity contribution in [1.82, 2.24) is 19.9 Å². The lowest BCUT2D eigenvalue weighted by Gasteiger charge is -2.33. The minimum Gasteiger partial charge on any atom is -0.493 e. The van der Waals surface area contributed by atoms with E-state index in [1.54, 1.807) is 6.07 Å². The SMILES string of the molecule is Oc1cc(C2CCCN(Cc3ccncc3)C2)nc(N2CCOCC2)n1. The summed E-state index contributed by atoms with van der Waals surface area (Å²) in [6, 6.07) is 5.86. The molecule has 4 heterocycles. The van der Waals surface area contributed by atoms with E-state index in [4.69, 9.17) is 9.72 Å². The molecule has 2 aliphatic rings. The van der Waals surface area contributed by atoms with Crippen molar-refractivity contribution >= 4 is 5.95 Å². The number of ether oxygens (including phenoxy) is 1. The van der Waals surface area contributed by atoms with E-state index in [-0.39, 0.29) is 5.88 Å². The highest BCUT2D eigenvalue weighted by Gasteiger charge is 2.25. The van der Waals surface area contributed by atoms with Crippen LogP contribution in [0.15, 0.2) is 30.6 Å². The first-order chi connectivity index (χ1) is 12.8. The molecule has 4 rings (SSSR count). The Kier molecular flexibility index (Phi) is 5.26. The summed E-state index contributed by atoms with van der Waals surface area (Å²) < 4.78 is 5.40. The van der Waals surface area contributed by atoms with Crippen molar-refractivity contribution in [2.24, 2.45) is 0 Å². The van der Waals surface area contributed by atoms with E-state index in [0.717, 1.165) is 51.3 Å². The second kappa shape index (κ2) is 7.97. The van der Waals surface area contributed by atoms with Crippen molar-refractivity contribution in [2.45, 2.75) is 25.3 Å². The number of rotatable bonds is 4. The van der Waals surface area contributed by atoms with Crippen molar-refractivity contribution in [1.29, 1.82) is 0 Å². The van der Waals surface area contributed by atoms with Gasteiger partial charge in [0, 0.05) is 50.6 Å². The van der Waals surface area contributed by atoms with Crippen LogP contribution in [0.2, 0.25) is 0 Å². The Morgan fingerprint density at radius 3 is 2.73 bits per heavy atom. The van der Waals surface area contributed by atoms with Crippen LogP contribution in [0.4, 0.5) is 5.95 Å². The molecule has 0 bridgehead atoms. The summed E-state index contributed by atoms with van der Waals surface area (Å²) in [5, 5.41) is 10.1. The Bertz CT molecular complexity index is 721. The molecule has 0 spiro atoms. The lowest BCUT2D eigenvalue weighted by atomic mass is 9.94. The fourth-order valence-corrected chi connectivity index (χ4v) is 3.74. The first-order valence-corrected chi connectivity index (χ1v) is 9.30. The van der Waals surface area contributed by atoms with Gasteiger partial charge in [-0.1, -0.05) is 0 Å². The summed E-state index contributed by atoms with van der Waals surface area (Å²) >= 11 is 0. The van der Waals surface area contributed by atoms with Gasteiger partial charge in [-0.25, -0.2) is 4.98 Å². The summed E-state index contributed by atoms with van der Waals surface area (Å²) in [6.07, 6.45) is 5.90. The third-order valence-electron chi connectivity index (χ3n) is 5.09. The standard InChI is InChI=1S/C19H25N5O2/c25-18-12-17(21-19(22-18)24-8-10-26-11-9-24)16-2-1-7-23(14-16)13-15-3-5-20-6-4-15/h3-6,12,16H,1-2,7-11,13-14H2,(H,21,22,25). The second-order valence-electron chi connectivity index (χ2n) is 6.98. The van der Waals surface area contributed by atoms with E-state index >= 15 is 0 Å². The fourth-order valence-electron chi connectivity index (χ4n) is 3.74. The van der Waals surface area contributed by atoms with Gasteiger partial charge in [0.25, 0.3) is 0 Å². The molecule has 1 atom stereocenters. The Hall–Kier alpha value is -2.25. The second-order valence-corrected chi connectivity index (χ2v) is 6.98. The molecule has 0 aromatic carbocycles. The number of aromatic hydroxyl groups is 1. The van der Waals surface area contributed by atoms with Gasteiger partial charge in [-0.05, 0) is 37.1 Å². The van der Waals surface area contributed by atoms with Crippen LogP contribution in [0.3, 0.4) is 0 Å². The van der Waals surface area contributed by atoms with E-state index in [1.807, 2.05) is 12.4 Å². The number of pyridine rings is 1. The molecule has 138 valence electrons. The molecule has 26 heavy (non-hydrogen) atoms. The van der Waals surface area contributed by atoms with Crippen molar-refractivity contribution in [2.75, 3.05) is 44.3 Å². The quantitative estimate of drug-likeness (QED) is 0.896. The molecule has 2 aromatic rings. The maximum absolute atomic E-state index is 10.1. The molecule has 1 unspecified atom stereocenters. The summed E-state index contributed by atoms with van der Waals surface area (Å²) in [5.41, 5.74) is 2.22. The van der Waals surface area contributed by atoms with Gasteiger partial charge >= 0.3 is 0 Å². The first kappa shape index (κ1) is 17.2. The Morgan fingerprint density at radius 2 is 1.92 bits per heavy atom. The molecule has 0 saturated carbocycles. The highest BCUT2D eigenvalue weighted by molar-refractivity contribution is 5.35. The molecular weight excluding hydrogens is 330 g/mol. The number of hydrogen-bond acceptors (Lipinski definition) is 7. The topological polar surface area (TPSA) is 74.6 Å². The predicted octanol–water partition coefficient (Wildman–Crippen LogP) is 1.79. The van der Waals surface area contributed by atoms with Crippen LogP contribution in [-0.2, 0) is 11.3 Å². The van der Waals surface area contributed by atoms with Crippen LogP contribution in [-0.4, -0.2) is 64.4 Å². The minimum absolute atomic E-state index is 0.0581. The predicted molar refractivity (Wildman–Crippen MR) is 98.2 cm³/mol. The number of likely N-dealkylation sites (tertiary alicyclic amines) is 1. The van der Waals surface area contributed by atoms with Crippen molar-refractivity contribution < 1.29 is 9.84 Å². The first-order valence-electron chi connectivity index (χ1n) is 9.30. The molecule has 2 aliphatic heterocycles. The van der Waals surface area contributed by atoms with Crippen LogP contribution < -0.4 is 4.90 Å². The third-order valence-corrected chi connectivity index (χ3v) is 5.09. The van der Waals surface area contributed by atoms with Gasteiger partial charge in [-0.15, -0.1) is 0 Å². The maximum Gasteiger partial charge on any atom is 0.229 e. The van der Waals surface area contributed by atoms with Gasteiger partial charge in [0.05, 0.1) is 18.9 Å². The minimum atomic E-state index is 0.0581. The van der Waals surface area contributed by atoms with Gasteiger partial charge in [-0.2, -0.15) is 4.98 Å². The lowest BCUT2D eigenvalue weighted by molar-refractivity contribution is 0.122. The molecule has 1 N–H and O–H groups in total. The average Bonchev–Trinajstić information content (AvgIpc) is 2.69. The van der Waals surface area contributed by atoms with Crippen molar-refractivity contribution in [3.63, 3.8) is 0 Å². The van der Waals surface area contributed by atoms with Crippen LogP contribution in [0.5, 0.6) is 5.88 Å². The normalized spacial score (nSPS) is 21.7. The average molecular weight is 355 g/mol. The Labute approximate surface area is 153 Å². The van der Waals surface area contributed by atoms with Gasteiger partial charge in [0.2, 0.25) is 11.8 Å². The van der Waals surface area contributed by atoms with E-state index in [9.17, 15) is 5.11 Å². The zero-order valence-electron chi connectivity index (χ0n) is 14.9. The Balaban J connectivity index is 1.48. The molecule has 0 radical (unpaired) electrons. The smallest absolute Gasteiger partial charge is 0.229 e. The summed E-state index contributed by atoms with van der Waals surface area (Å²) in [5.74, 6) is 0.997. The zero-order chi connectivity index (χ0) is 17.8. The largest absolute Gasteiger partial charge is 0.493 e. The van der Waals surface area contributed by atoms with Gasteiger partial charge < -0.3 is 14.7 Å². The molecule has 2 saturated heterocycles. The van der Waals surface area contributed by atoms with Crippen LogP contribution >= 0.6 is 0 Å². The number of morpholine rings is 1. The number of anilines is 1. The molecule has 2 aromatic heterocycles. The number of piperidine rings is 1. The van der Waals surface area contributed by atoms with Crippen molar-refractivity contribution in [3.8, 4) is 5.88 Å². The lowest BCUT2D eigenvalue weighted by Crippen LogP contribution is -2.38. The van der Waals surface area contributed by atoms with Gasteiger partial charge in [-0.3, -0.25) is 9.88 Å². The molecule has 0 amide bonds. The van der Waals surface area contributed by atoms with Crippen LogP contribution in [0.25, 0.3) is 0 Å². The summed E-state index contributed by atoms with van der Waals surface area (Å²) in [6.45, 7) is 5.85. The number of hydrogen-bond donors (Lipinski definition) is 1. The van der Waals surface area contributed by atoms with Gasteiger partial charge in [0.15, 0.2) is 0 Å². The van der Waals surface area contributed by atoms with E-state index in [0.29, 0.717) is 25.1 Å². The van der Waals surface area contributed by atoms with Crippen LogP contribution in [0.1, 0.15) is 30.0 Å². The summed E-state index contributed by atoms with van der Waals surface area (Å²) in [4.78, 5) is 17.6. The van der Waals surface area contributed by atoms with Crippen LogP contribution in [0, 0.1) is 0 Å². The number of aromatic nitrogens is 3.